The monoisotopic (exact) mass is 173 g/mol. The highest BCUT2D eigenvalue weighted by Crippen LogP contribution is 2.33. The Morgan fingerprint density at radius 1 is 1.42 bits per heavy atom. The fourth-order valence-corrected chi connectivity index (χ4v) is 1.86. The van der Waals surface area contributed by atoms with Gasteiger partial charge in [-0.05, 0) is 24.3 Å². The number of alkyl halides is 1. The molecule has 1 rings (SSSR count). The van der Waals surface area contributed by atoms with Crippen molar-refractivity contribution in [2.24, 2.45) is 11.3 Å². The summed E-state index contributed by atoms with van der Waals surface area (Å²) in [6.07, 6.45) is 1.24. The SMILES string of the molecule is CC(C)(C)C1CCN(CCF)C1. The Hall–Kier alpha value is -0.110. The van der Waals surface area contributed by atoms with E-state index in [2.05, 4.69) is 25.7 Å². The molecule has 0 bridgehead atoms. The van der Waals surface area contributed by atoms with Crippen LogP contribution in [0.1, 0.15) is 27.2 Å². The Balaban J connectivity index is 2.35. The van der Waals surface area contributed by atoms with Crippen molar-refractivity contribution in [3.8, 4) is 0 Å². The van der Waals surface area contributed by atoms with E-state index in [0.717, 1.165) is 19.0 Å². The summed E-state index contributed by atoms with van der Waals surface area (Å²) in [6.45, 7) is 9.44. The van der Waals surface area contributed by atoms with E-state index in [9.17, 15) is 4.39 Å². The van der Waals surface area contributed by atoms with Gasteiger partial charge < -0.3 is 4.90 Å². The molecule has 0 aliphatic carbocycles. The van der Waals surface area contributed by atoms with Gasteiger partial charge in [0.15, 0.2) is 0 Å². The highest BCUT2D eigenvalue weighted by Gasteiger charge is 2.31. The molecule has 1 nitrogen and oxygen atoms in total. The summed E-state index contributed by atoms with van der Waals surface area (Å²) in [5.74, 6) is 0.754. The lowest BCUT2D eigenvalue weighted by molar-refractivity contribution is 0.222. The third-order valence-corrected chi connectivity index (χ3v) is 2.90. The van der Waals surface area contributed by atoms with Crippen molar-refractivity contribution in [3.63, 3.8) is 0 Å². The molecule has 1 aliphatic heterocycles. The zero-order valence-electron chi connectivity index (χ0n) is 8.44. The van der Waals surface area contributed by atoms with E-state index in [1.807, 2.05) is 0 Å². The lowest BCUT2D eigenvalue weighted by Gasteiger charge is -2.26. The van der Waals surface area contributed by atoms with E-state index in [-0.39, 0.29) is 6.67 Å². The van der Waals surface area contributed by atoms with Crippen LogP contribution in [-0.2, 0) is 0 Å². The average molecular weight is 173 g/mol. The molecule has 1 atom stereocenters. The average Bonchev–Trinajstić information content (AvgIpc) is 2.35. The van der Waals surface area contributed by atoms with Gasteiger partial charge in [-0.2, -0.15) is 0 Å². The molecule has 0 amide bonds. The molecule has 0 aromatic carbocycles. The summed E-state index contributed by atoms with van der Waals surface area (Å²) in [4.78, 5) is 2.23. The van der Waals surface area contributed by atoms with E-state index in [0.29, 0.717) is 12.0 Å². The summed E-state index contributed by atoms with van der Waals surface area (Å²) < 4.78 is 12.0. The second-order valence-corrected chi connectivity index (χ2v) is 4.84. The highest BCUT2D eigenvalue weighted by atomic mass is 19.1. The Bertz CT molecular complexity index is 139. The van der Waals surface area contributed by atoms with Crippen LogP contribution in [0.25, 0.3) is 0 Å². The fourth-order valence-electron chi connectivity index (χ4n) is 1.86. The topological polar surface area (TPSA) is 3.24 Å². The minimum atomic E-state index is -0.198. The molecule has 72 valence electrons. The van der Waals surface area contributed by atoms with Crippen LogP contribution in [0, 0.1) is 11.3 Å². The summed E-state index contributed by atoms with van der Waals surface area (Å²) in [5.41, 5.74) is 0.394. The van der Waals surface area contributed by atoms with Gasteiger partial charge in [-0.1, -0.05) is 20.8 Å². The summed E-state index contributed by atoms with van der Waals surface area (Å²) in [6, 6.07) is 0. The predicted octanol–water partition coefficient (Wildman–Crippen LogP) is 2.32. The Morgan fingerprint density at radius 2 is 2.08 bits per heavy atom. The van der Waals surface area contributed by atoms with Gasteiger partial charge in [0.05, 0.1) is 0 Å². The smallest absolute Gasteiger partial charge is 0.102 e. The third kappa shape index (κ3) is 2.44. The molecule has 0 N–H and O–H groups in total. The number of hydrogen-bond acceptors (Lipinski definition) is 1. The standard InChI is InChI=1S/C10H20FN/c1-10(2,3)9-4-6-12(8-9)7-5-11/h9H,4-8H2,1-3H3. The van der Waals surface area contributed by atoms with E-state index in [1.165, 1.54) is 6.42 Å². The summed E-state index contributed by atoms with van der Waals surface area (Å²) >= 11 is 0. The number of nitrogens with zero attached hydrogens (tertiary/aromatic N) is 1. The van der Waals surface area contributed by atoms with Crippen LogP contribution in [0.4, 0.5) is 4.39 Å². The predicted molar refractivity (Wildman–Crippen MR) is 50.0 cm³/mol. The largest absolute Gasteiger partial charge is 0.300 e. The number of rotatable bonds is 2. The van der Waals surface area contributed by atoms with Crippen LogP contribution >= 0.6 is 0 Å². The molecule has 2 heteroatoms. The highest BCUT2D eigenvalue weighted by molar-refractivity contribution is 4.83. The van der Waals surface area contributed by atoms with Crippen molar-refractivity contribution in [2.45, 2.75) is 27.2 Å². The first kappa shape index (κ1) is 9.97. The van der Waals surface area contributed by atoms with Crippen LogP contribution in [0.5, 0.6) is 0 Å². The molecular weight excluding hydrogens is 153 g/mol. The molecule has 0 spiro atoms. The van der Waals surface area contributed by atoms with E-state index < -0.39 is 0 Å². The van der Waals surface area contributed by atoms with Gasteiger partial charge in [0.1, 0.15) is 6.67 Å². The quantitative estimate of drug-likeness (QED) is 0.619. The van der Waals surface area contributed by atoms with Gasteiger partial charge in [-0.15, -0.1) is 0 Å². The van der Waals surface area contributed by atoms with Crippen LogP contribution in [0.3, 0.4) is 0 Å². The number of likely N-dealkylation sites (tertiary alicyclic amines) is 1. The minimum Gasteiger partial charge on any atom is -0.300 e. The molecule has 12 heavy (non-hydrogen) atoms. The van der Waals surface area contributed by atoms with Gasteiger partial charge in [-0.3, -0.25) is 0 Å². The first-order valence-electron chi connectivity index (χ1n) is 4.82. The number of halogens is 1. The van der Waals surface area contributed by atoms with Crippen LogP contribution in [0.15, 0.2) is 0 Å². The van der Waals surface area contributed by atoms with Gasteiger partial charge >= 0.3 is 0 Å². The first-order chi connectivity index (χ1) is 5.54. The van der Waals surface area contributed by atoms with Crippen molar-refractivity contribution in [2.75, 3.05) is 26.3 Å². The maximum Gasteiger partial charge on any atom is 0.102 e. The van der Waals surface area contributed by atoms with Gasteiger partial charge in [0, 0.05) is 13.1 Å². The zero-order valence-corrected chi connectivity index (χ0v) is 8.44. The van der Waals surface area contributed by atoms with Crippen molar-refractivity contribution >= 4 is 0 Å². The molecule has 0 aromatic heterocycles. The van der Waals surface area contributed by atoms with E-state index in [4.69, 9.17) is 0 Å². The molecule has 0 radical (unpaired) electrons. The van der Waals surface area contributed by atoms with Crippen molar-refractivity contribution in [3.05, 3.63) is 0 Å². The second-order valence-electron chi connectivity index (χ2n) is 4.84. The van der Waals surface area contributed by atoms with Crippen molar-refractivity contribution in [1.82, 2.24) is 4.90 Å². The maximum absolute atomic E-state index is 12.0. The molecule has 1 saturated heterocycles. The minimum absolute atomic E-state index is 0.198. The van der Waals surface area contributed by atoms with Gasteiger partial charge in [-0.25, -0.2) is 4.39 Å². The Kier molecular flexibility index (Phi) is 3.10. The lowest BCUT2D eigenvalue weighted by atomic mass is 9.80. The second kappa shape index (κ2) is 3.73. The molecule has 1 unspecified atom stereocenters. The van der Waals surface area contributed by atoms with Crippen LogP contribution < -0.4 is 0 Å². The maximum atomic E-state index is 12.0. The van der Waals surface area contributed by atoms with Crippen LogP contribution in [0.2, 0.25) is 0 Å². The Morgan fingerprint density at radius 3 is 2.50 bits per heavy atom. The first-order valence-corrected chi connectivity index (χ1v) is 4.82. The van der Waals surface area contributed by atoms with E-state index >= 15 is 0 Å². The number of hydrogen-bond donors (Lipinski definition) is 0. The Labute approximate surface area is 74.9 Å². The summed E-state index contributed by atoms with van der Waals surface area (Å²) in [5, 5.41) is 0. The molecule has 0 aromatic rings. The van der Waals surface area contributed by atoms with E-state index in [1.54, 1.807) is 0 Å². The van der Waals surface area contributed by atoms with Crippen molar-refractivity contribution in [1.29, 1.82) is 0 Å². The molecule has 0 saturated carbocycles. The summed E-state index contributed by atoms with van der Waals surface area (Å²) in [7, 11) is 0. The molecule has 1 aliphatic rings. The van der Waals surface area contributed by atoms with Gasteiger partial charge in [0.2, 0.25) is 0 Å². The third-order valence-electron chi connectivity index (χ3n) is 2.90. The van der Waals surface area contributed by atoms with Crippen molar-refractivity contribution < 1.29 is 4.39 Å². The van der Waals surface area contributed by atoms with Gasteiger partial charge in [0.25, 0.3) is 0 Å². The molecule has 1 heterocycles. The zero-order chi connectivity index (χ0) is 9.19. The lowest BCUT2D eigenvalue weighted by Crippen LogP contribution is -2.27. The molecular formula is C10H20FN. The molecule has 1 fully saturated rings. The normalized spacial score (nSPS) is 26.5. The fraction of sp³-hybridized carbons (Fsp3) is 1.00. The van der Waals surface area contributed by atoms with Crippen LogP contribution in [-0.4, -0.2) is 31.2 Å².